The number of aryl methyl sites for hydroxylation is 2. The van der Waals surface area contributed by atoms with Crippen molar-refractivity contribution in [1.82, 2.24) is 10.2 Å². The minimum atomic E-state index is -3.78. The van der Waals surface area contributed by atoms with Crippen LogP contribution in [0.5, 0.6) is 0 Å². The highest BCUT2D eigenvalue weighted by Gasteiger charge is 2.21. The van der Waals surface area contributed by atoms with Crippen molar-refractivity contribution >= 4 is 32.9 Å². The quantitative estimate of drug-likeness (QED) is 0.742. The van der Waals surface area contributed by atoms with Gasteiger partial charge in [-0.25, -0.2) is 8.42 Å². The highest BCUT2D eigenvalue weighted by atomic mass is 32.2. The van der Waals surface area contributed by atoms with E-state index >= 15 is 0 Å². The van der Waals surface area contributed by atoms with Gasteiger partial charge in [0.2, 0.25) is 0 Å². The Morgan fingerprint density at radius 3 is 2.55 bits per heavy atom. The van der Waals surface area contributed by atoms with E-state index in [0.717, 1.165) is 0 Å². The maximum atomic E-state index is 12.5. The first-order valence-corrected chi connectivity index (χ1v) is 7.65. The van der Waals surface area contributed by atoms with Crippen molar-refractivity contribution < 1.29 is 8.42 Å². The van der Waals surface area contributed by atoms with Gasteiger partial charge in [0.25, 0.3) is 10.0 Å². The second kappa shape index (κ2) is 5.22. The molecule has 6 nitrogen and oxygen atoms in total. The second-order valence-corrected chi connectivity index (χ2v) is 6.37. The highest BCUT2D eigenvalue weighted by Crippen LogP contribution is 2.23. The molecule has 0 unspecified atom stereocenters. The Morgan fingerprint density at radius 1 is 1.35 bits per heavy atom. The second-order valence-electron chi connectivity index (χ2n) is 4.27. The molecule has 2 rings (SSSR count). The van der Waals surface area contributed by atoms with Gasteiger partial charge in [-0.15, -0.1) is 0 Å². The molecule has 0 spiro atoms. The van der Waals surface area contributed by atoms with E-state index in [1.807, 2.05) is 0 Å². The minimum Gasteiger partial charge on any atom is -0.389 e. The van der Waals surface area contributed by atoms with Gasteiger partial charge in [-0.2, -0.15) is 5.10 Å². The molecule has 0 fully saturated rings. The SMILES string of the molecule is Cc1n[nH]c(C)c1NS(=O)(=O)c1ccccc1C(N)=S. The average molecular weight is 310 g/mol. The van der Waals surface area contributed by atoms with Crippen LogP contribution < -0.4 is 10.5 Å². The van der Waals surface area contributed by atoms with E-state index in [4.69, 9.17) is 18.0 Å². The molecule has 0 bridgehead atoms. The predicted octanol–water partition coefficient (Wildman–Crippen LogP) is 1.46. The molecule has 1 aromatic heterocycles. The van der Waals surface area contributed by atoms with E-state index in [1.165, 1.54) is 6.07 Å². The first kappa shape index (κ1) is 14.5. The number of anilines is 1. The lowest BCUT2D eigenvalue weighted by molar-refractivity contribution is 0.601. The van der Waals surface area contributed by atoms with E-state index in [1.54, 1.807) is 32.0 Å². The van der Waals surface area contributed by atoms with Gasteiger partial charge in [-0.05, 0) is 19.9 Å². The summed E-state index contributed by atoms with van der Waals surface area (Å²) < 4.78 is 27.4. The largest absolute Gasteiger partial charge is 0.389 e. The molecule has 2 aromatic rings. The Hall–Kier alpha value is -1.93. The van der Waals surface area contributed by atoms with Gasteiger partial charge in [0.05, 0.1) is 22.0 Å². The summed E-state index contributed by atoms with van der Waals surface area (Å²) in [7, 11) is -3.78. The zero-order valence-electron chi connectivity index (χ0n) is 11.0. The molecule has 0 aliphatic rings. The van der Waals surface area contributed by atoms with Crippen LogP contribution in [-0.2, 0) is 10.0 Å². The molecular weight excluding hydrogens is 296 g/mol. The summed E-state index contributed by atoms with van der Waals surface area (Å²) in [6.45, 7) is 3.44. The van der Waals surface area contributed by atoms with Crippen molar-refractivity contribution in [3.63, 3.8) is 0 Å². The maximum absolute atomic E-state index is 12.5. The maximum Gasteiger partial charge on any atom is 0.262 e. The van der Waals surface area contributed by atoms with Crippen LogP contribution in [0.1, 0.15) is 17.0 Å². The van der Waals surface area contributed by atoms with E-state index in [0.29, 0.717) is 22.6 Å². The fraction of sp³-hybridized carbons (Fsp3) is 0.167. The van der Waals surface area contributed by atoms with Crippen LogP contribution in [0.3, 0.4) is 0 Å². The fourth-order valence-corrected chi connectivity index (χ4v) is 3.44. The summed E-state index contributed by atoms with van der Waals surface area (Å²) in [6, 6.07) is 6.33. The zero-order chi connectivity index (χ0) is 14.9. The number of nitrogens with one attached hydrogen (secondary N) is 2. The number of hydrogen-bond donors (Lipinski definition) is 3. The number of nitrogens with zero attached hydrogens (tertiary/aromatic N) is 1. The summed E-state index contributed by atoms with van der Waals surface area (Å²) in [5, 5.41) is 6.67. The highest BCUT2D eigenvalue weighted by molar-refractivity contribution is 7.93. The molecule has 106 valence electrons. The Kier molecular flexibility index (Phi) is 3.78. The first-order chi connectivity index (χ1) is 9.33. The molecule has 4 N–H and O–H groups in total. The molecule has 1 aromatic carbocycles. The van der Waals surface area contributed by atoms with Crippen LogP contribution in [0.2, 0.25) is 0 Å². The van der Waals surface area contributed by atoms with Crippen molar-refractivity contribution in [3.05, 3.63) is 41.2 Å². The molecule has 0 saturated carbocycles. The lowest BCUT2D eigenvalue weighted by atomic mass is 10.2. The fourth-order valence-electron chi connectivity index (χ4n) is 1.80. The number of H-pyrrole nitrogens is 1. The predicted molar refractivity (Wildman–Crippen MR) is 81.2 cm³/mol. The molecule has 0 aliphatic heterocycles. The van der Waals surface area contributed by atoms with Crippen molar-refractivity contribution in [2.75, 3.05) is 4.72 Å². The number of rotatable bonds is 4. The molecule has 20 heavy (non-hydrogen) atoms. The number of thiocarbonyl (C=S) groups is 1. The Labute approximate surface area is 122 Å². The molecule has 0 saturated heterocycles. The third-order valence-corrected chi connectivity index (χ3v) is 4.43. The Balaban J connectivity index is 2.49. The van der Waals surface area contributed by atoms with Crippen LogP contribution in [0.4, 0.5) is 5.69 Å². The van der Waals surface area contributed by atoms with Gasteiger partial charge >= 0.3 is 0 Å². The van der Waals surface area contributed by atoms with Crippen LogP contribution in [0.15, 0.2) is 29.2 Å². The molecule has 1 heterocycles. The summed E-state index contributed by atoms with van der Waals surface area (Å²) >= 11 is 4.88. The standard InChI is InChI=1S/C12H14N4O2S2/c1-7-11(8(2)15-14-7)16-20(17,18)10-6-4-3-5-9(10)12(13)19/h3-6,16H,1-2H3,(H2,13,19)(H,14,15). The van der Waals surface area contributed by atoms with Crippen LogP contribution in [0.25, 0.3) is 0 Å². The van der Waals surface area contributed by atoms with Crippen LogP contribution in [-0.4, -0.2) is 23.6 Å². The van der Waals surface area contributed by atoms with E-state index in [-0.39, 0.29) is 9.88 Å². The summed E-state index contributed by atoms with van der Waals surface area (Å²) in [5.41, 5.74) is 7.52. The zero-order valence-corrected chi connectivity index (χ0v) is 12.6. The third-order valence-electron chi connectivity index (χ3n) is 2.81. The average Bonchev–Trinajstić information content (AvgIpc) is 2.70. The van der Waals surface area contributed by atoms with E-state index in [9.17, 15) is 8.42 Å². The summed E-state index contributed by atoms with van der Waals surface area (Å²) in [6.07, 6.45) is 0. The number of hydrogen-bond acceptors (Lipinski definition) is 4. The lowest BCUT2D eigenvalue weighted by Crippen LogP contribution is -2.20. The smallest absolute Gasteiger partial charge is 0.262 e. The molecule has 0 amide bonds. The van der Waals surface area contributed by atoms with Gasteiger partial charge in [0.15, 0.2) is 0 Å². The number of aromatic amines is 1. The van der Waals surface area contributed by atoms with E-state index < -0.39 is 10.0 Å². The normalized spacial score (nSPS) is 11.3. The number of nitrogens with two attached hydrogens (primary N) is 1. The Morgan fingerprint density at radius 2 is 2.00 bits per heavy atom. The number of benzene rings is 1. The van der Waals surface area contributed by atoms with Gasteiger partial charge in [-0.3, -0.25) is 9.82 Å². The first-order valence-electron chi connectivity index (χ1n) is 5.76. The van der Waals surface area contributed by atoms with Crippen LogP contribution in [0, 0.1) is 13.8 Å². The van der Waals surface area contributed by atoms with Crippen molar-refractivity contribution in [2.45, 2.75) is 18.7 Å². The monoisotopic (exact) mass is 310 g/mol. The molecule has 0 atom stereocenters. The van der Waals surface area contributed by atoms with Gasteiger partial charge in [0, 0.05) is 5.56 Å². The third kappa shape index (κ3) is 2.66. The van der Waals surface area contributed by atoms with E-state index in [2.05, 4.69) is 14.9 Å². The molecule has 0 radical (unpaired) electrons. The lowest BCUT2D eigenvalue weighted by Gasteiger charge is -2.11. The van der Waals surface area contributed by atoms with Crippen molar-refractivity contribution in [1.29, 1.82) is 0 Å². The van der Waals surface area contributed by atoms with Crippen molar-refractivity contribution in [2.24, 2.45) is 5.73 Å². The molecule has 0 aliphatic carbocycles. The van der Waals surface area contributed by atoms with Gasteiger partial charge < -0.3 is 5.73 Å². The molecule has 8 heteroatoms. The van der Waals surface area contributed by atoms with Gasteiger partial charge in [-0.1, -0.05) is 30.4 Å². The number of sulfonamides is 1. The summed E-state index contributed by atoms with van der Waals surface area (Å²) in [5.74, 6) is 0. The minimum absolute atomic E-state index is 0.0339. The summed E-state index contributed by atoms with van der Waals surface area (Å²) in [4.78, 5) is 0.0825. The molecular formula is C12H14N4O2S2. The van der Waals surface area contributed by atoms with Gasteiger partial charge in [0.1, 0.15) is 4.99 Å². The Bertz CT molecular complexity index is 746. The topological polar surface area (TPSA) is 101 Å². The van der Waals surface area contributed by atoms with Crippen LogP contribution >= 0.6 is 12.2 Å². The number of aromatic nitrogens is 2. The van der Waals surface area contributed by atoms with Crippen molar-refractivity contribution in [3.8, 4) is 0 Å².